The van der Waals surface area contributed by atoms with Gasteiger partial charge in [0.2, 0.25) is 5.82 Å². The molecule has 1 heterocycles. The van der Waals surface area contributed by atoms with Gasteiger partial charge in [0.05, 0.1) is 25.5 Å². The summed E-state index contributed by atoms with van der Waals surface area (Å²) in [6, 6.07) is 8.94. The fourth-order valence-electron chi connectivity index (χ4n) is 3.54. The first-order valence-electron chi connectivity index (χ1n) is 9.11. The Bertz CT molecular complexity index is 888. The van der Waals surface area contributed by atoms with Gasteiger partial charge in [-0.3, -0.25) is 0 Å². The number of nitrogens with one attached hydrogen (secondary N) is 2. The van der Waals surface area contributed by atoms with E-state index in [0.29, 0.717) is 23.7 Å². The summed E-state index contributed by atoms with van der Waals surface area (Å²) in [5, 5.41) is 15.0. The van der Waals surface area contributed by atoms with Gasteiger partial charge in [-0.2, -0.15) is 5.26 Å². The largest absolute Gasteiger partial charge is 0.493 e. The maximum Gasteiger partial charge on any atom is 0.315 e. The zero-order valence-corrected chi connectivity index (χ0v) is 16.0. The standard InChI is InChI=1S/C20H23N5O3/c1-27-15-6-5-14(11-16(15)28-2)13-23-19(26)25-20(8-3-4-9-20)17-7-10-22-18(12-21)24-17/h5-7,10-11H,3-4,8-9,13H2,1-2H3,(H2,23,25,26). The molecule has 0 saturated heterocycles. The van der Waals surface area contributed by atoms with Crippen molar-refractivity contribution < 1.29 is 14.3 Å². The van der Waals surface area contributed by atoms with Crippen LogP contribution >= 0.6 is 0 Å². The number of ether oxygens (including phenoxy) is 2. The summed E-state index contributed by atoms with van der Waals surface area (Å²) in [6.07, 6.45) is 5.09. The Morgan fingerprint density at radius 3 is 2.64 bits per heavy atom. The minimum atomic E-state index is -0.573. The van der Waals surface area contributed by atoms with E-state index in [2.05, 4.69) is 20.6 Å². The zero-order valence-electron chi connectivity index (χ0n) is 16.0. The minimum Gasteiger partial charge on any atom is -0.493 e. The van der Waals surface area contributed by atoms with E-state index in [0.717, 1.165) is 31.2 Å². The molecule has 2 N–H and O–H groups in total. The Morgan fingerprint density at radius 1 is 1.21 bits per heavy atom. The first kappa shape index (κ1) is 19.4. The highest BCUT2D eigenvalue weighted by atomic mass is 16.5. The van der Waals surface area contributed by atoms with Crippen molar-refractivity contribution in [1.82, 2.24) is 20.6 Å². The molecule has 1 fully saturated rings. The molecular formula is C20H23N5O3. The first-order valence-corrected chi connectivity index (χ1v) is 9.11. The van der Waals surface area contributed by atoms with Gasteiger partial charge in [-0.05, 0) is 36.6 Å². The Kier molecular flexibility index (Phi) is 5.94. The van der Waals surface area contributed by atoms with Crippen molar-refractivity contribution in [2.24, 2.45) is 0 Å². The molecule has 1 aromatic heterocycles. The van der Waals surface area contributed by atoms with Crippen molar-refractivity contribution in [3.05, 3.63) is 47.5 Å². The lowest BCUT2D eigenvalue weighted by atomic mass is 9.93. The molecule has 1 aromatic carbocycles. The first-order chi connectivity index (χ1) is 13.6. The topological polar surface area (TPSA) is 109 Å². The van der Waals surface area contributed by atoms with Crippen molar-refractivity contribution in [2.45, 2.75) is 37.8 Å². The monoisotopic (exact) mass is 381 g/mol. The number of methoxy groups -OCH3 is 2. The van der Waals surface area contributed by atoms with Gasteiger partial charge in [0, 0.05) is 12.7 Å². The highest BCUT2D eigenvalue weighted by Gasteiger charge is 2.38. The lowest BCUT2D eigenvalue weighted by molar-refractivity contribution is 0.223. The van der Waals surface area contributed by atoms with Gasteiger partial charge in [-0.1, -0.05) is 18.9 Å². The number of nitrogens with zero attached hydrogens (tertiary/aromatic N) is 3. The number of nitriles is 1. The number of carbonyl (C=O) groups excluding carboxylic acids is 1. The van der Waals surface area contributed by atoms with Gasteiger partial charge < -0.3 is 20.1 Å². The van der Waals surface area contributed by atoms with E-state index >= 15 is 0 Å². The fraction of sp³-hybridized carbons (Fsp3) is 0.400. The van der Waals surface area contributed by atoms with Gasteiger partial charge in [-0.25, -0.2) is 14.8 Å². The SMILES string of the molecule is COc1ccc(CNC(=O)NC2(c3ccnc(C#N)n3)CCCC2)cc1OC. The average molecular weight is 381 g/mol. The summed E-state index contributed by atoms with van der Waals surface area (Å²) in [6.45, 7) is 0.343. The Labute approximate surface area is 163 Å². The second kappa shape index (κ2) is 8.57. The molecule has 0 aliphatic heterocycles. The molecule has 0 atom stereocenters. The molecule has 1 aliphatic rings. The maximum atomic E-state index is 12.6. The highest BCUT2D eigenvalue weighted by molar-refractivity contribution is 5.75. The van der Waals surface area contributed by atoms with Crippen LogP contribution in [0.25, 0.3) is 0 Å². The predicted octanol–water partition coefficient (Wildman–Crippen LogP) is 2.63. The van der Waals surface area contributed by atoms with E-state index < -0.39 is 5.54 Å². The van der Waals surface area contributed by atoms with Crippen LogP contribution in [0, 0.1) is 11.3 Å². The van der Waals surface area contributed by atoms with E-state index in [9.17, 15) is 4.79 Å². The molecule has 0 bridgehead atoms. The van der Waals surface area contributed by atoms with Crippen LogP contribution in [0.1, 0.15) is 42.8 Å². The van der Waals surface area contributed by atoms with E-state index in [1.165, 1.54) is 0 Å². The molecule has 146 valence electrons. The Morgan fingerprint density at radius 2 is 1.96 bits per heavy atom. The number of urea groups is 1. The normalized spacial score (nSPS) is 14.8. The van der Waals surface area contributed by atoms with Gasteiger partial charge >= 0.3 is 6.03 Å². The van der Waals surface area contributed by atoms with E-state index in [4.69, 9.17) is 14.7 Å². The Hall–Kier alpha value is -3.34. The third-order valence-corrected chi connectivity index (χ3v) is 4.96. The van der Waals surface area contributed by atoms with Crippen molar-refractivity contribution in [2.75, 3.05) is 14.2 Å². The number of aromatic nitrogens is 2. The van der Waals surface area contributed by atoms with Crippen LogP contribution in [0.5, 0.6) is 11.5 Å². The lowest BCUT2D eigenvalue weighted by Crippen LogP contribution is -2.48. The fourth-order valence-corrected chi connectivity index (χ4v) is 3.54. The van der Waals surface area contributed by atoms with Crippen LogP contribution in [-0.4, -0.2) is 30.2 Å². The van der Waals surface area contributed by atoms with E-state index in [-0.39, 0.29) is 11.9 Å². The number of amides is 2. The van der Waals surface area contributed by atoms with E-state index in [1.807, 2.05) is 18.2 Å². The number of hydrogen-bond acceptors (Lipinski definition) is 6. The van der Waals surface area contributed by atoms with Crippen LogP contribution in [-0.2, 0) is 12.1 Å². The number of hydrogen-bond donors (Lipinski definition) is 2. The minimum absolute atomic E-state index is 0.108. The maximum absolute atomic E-state index is 12.6. The van der Waals surface area contributed by atoms with Gasteiger partial charge in [0.1, 0.15) is 6.07 Å². The van der Waals surface area contributed by atoms with Crippen molar-refractivity contribution in [3.8, 4) is 17.6 Å². The summed E-state index contributed by atoms with van der Waals surface area (Å²) in [5.74, 6) is 1.36. The molecule has 2 aromatic rings. The smallest absolute Gasteiger partial charge is 0.315 e. The number of benzene rings is 1. The summed E-state index contributed by atoms with van der Waals surface area (Å²) < 4.78 is 10.5. The summed E-state index contributed by atoms with van der Waals surface area (Å²) in [7, 11) is 3.15. The second-order valence-electron chi connectivity index (χ2n) is 6.66. The highest BCUT2D eigenvalue weighted by Crippen LogP contribution is 2.37. The van der Waals surface area contributed by atoms with Gasteiger partial charge in [0.25, 0.3) is 0 Å². The molecule has 0 spiro atoms. The predicted molar refractivity (Wildman–Crippen MR) is 102 cm³/mol. The quantitative estimate of drug-likeness (QED) is 0.796. The molecule has 1 aliphatic carbocycles. The summed E-state index contributed by atoms with van der Waals surface area (Å²) in [5.41, 5.74) is 0.996. The van der Waals surface area contributed by atoms with Crippen molar-refractivity contribution >= 4 is 6.03 Å². The number of rotatable bonds is 6. The average Bonchev–Trinajstić information content (AvgIpc) is 3.21. The molecule has 0 radical (unpaired) electrons. The zero-order chi connectivity index (χ0) is 20.0. The van der Waals surface area contributed by atoms with Gasteiger partial charge in [-0.15, -0.1) is 0 Å². The number of carbonyl (C=O) groups is 1. The molecule has 2 amide bonds. The van der Waals surface area contributed by atoms with Gasteiger partial charge in [0.15, 0.2) is 11.5 Å². The lowest BCUT2D eigenvalue weighted by Gasteiger charge is -2.29. The van der Waals surface area contributed by atoms with Crippen LogP contribution < -0.4 is 20.1 Å². The molecule has 28 heavy (non-hydrogen) atoms. The van der Waals surface area contributed by atoms with Crippen molar-refractivity contribution in [3.63, 3.8) is 0 Å². The van der Waals surface area contributed by atoms with E-state index in [1.54, 1.807) is 32.5 Å². The molecule has 8 heteroatoms. The molecular weight excluding hydrogens is 358 g/mol. The summed E-state index contributed by atoms with van der Waals surface area (Å²) in [4.78, 5) is 20.8. The van der Waals surface area contributed by atoms with Crippen LogP contribution in [0.15, 0.2) is 30.5 Å². The summed E-state index contributed by atoms with van der Waals surface area (Å²) >= 11 is 0. The third kappa shape index (κ3) is 4.14. The van der Waals surface area contributed by atoms with Crippen LogP contribution in [0.4, 0.5) is 4.79 Å². The van der Waals surface area contributed by atoms with Crippen molar-refractivity contribution in [1.29, 1.82) is 5.26 Å². The molecule has 8 nitrogen and oxygen atoms in total. The third-order valence-electron chi connectivity index (χ3n) is 4.96. The van der Waals surface area contributed by atoms with Crippen LogP contribution in [0.2, 0.25) is 0 Å². The molecule has 3 rings (SSSR count). The van der Waals surface area contributed by atoms with Crippen LogP contribution in [0.3, 0.4) is 0 Å². The molecule has 0 unspecified atom stereocenters. The second-order valence-corrected chi connectivity index (χ2v) is 6.66. The Balaban J connectivity index is 1.69. The molecule has 1 saturated carbocycles.